The summed E-state index contributed by atoms with van der Waals surface area (Å²) in [4.78, 5) is 12.4. The molecule has 0 aliphatic carbocycles. The number of hydrogen-bond donors (Lipinski definition) is 1. The molecule has 2 unspecified atom stereocenters. The van der Waals surface area contributed by atoms with Crippen molar-refractivity contribution in [1.82, 2.24) is 5.32 Å². The molecule has 23 heavy (non-hydrogen) atoms. The van der Waals surface area contributed by atoms with Gasteiger partial charge < -0.3 is 14.8 Å². The number of methoxy groups -OCH3 is 1. The lowest BCUT2D eigenvalue weighted by Crippen LogP contribution is -2.34. The van der Waals surface area contributed by atoms with Gasteiger partial charge in [0.05, 0.1) is 19.1 Å². The van der Waals surface area contributed by atoms with Gasteiger partial charge in [0.1, 0.15) is 5.75 Å². The fraction of sp³-hybridized carbons (Fsp3) is 0.421. The van der Waals surface area contributed by atoms with E-state index < -0.39 is 0 Å². The van der Waals surface area contributed by atoms with Gasteiger partial charge in [0, 0.05) is 13.2 Å². The van der Waals surface area contributed by atoms with E-state index in [1.54, 1.807) is 7.11 Å². The number of carbonyl (C=O) groups is 1. The van der Waals surface area contributed by atoms with E-state index in [1.807, 2.05) is 37.3 Å². The molecule has 2 aromatic carbocycles. The molecule has 2 aromatic rings. The summed E-state index contributed by atoms with van der Waals surface area (Å²) in [7, 11) is 1.66. The van der Waals surface area contributed by atoms with Gasteiger partial charge >= 0.3 is 0 Å². The lowest BCUT2D eigenvalue weighted by molar-refractivity contribution is -0.122. The van der Waals surface area contributed by atoms with Crippen LogP contribution in [0.2, 0.25) is 0 Å². The van der Waals surface area contributed by atoms with E-state index >= 15 is 0 Å². The molecule has 0 spiro atoms. The van der Waals surface area contributed by atoms with Crippen molar-refractivity contribution in [2.24, 2.45) is 0 Å². The average molecular weight is 313 g/mol. The van der Waals surface area contributed by atoms with Crippen molar-refractivity contribution < 1.29 is 14.3 Å². The summed E-state index contributed by atoms with van der Waals surface area (Å²) in [6, 6.07) is 12.1. The first-order valence-electron chi connectivity index (χ1n) is 8.14. The van der Waals surface area contributed by atoms with Gasteiger partial charge in [-0.05, 0) is 48.2 Å². The quantitative estimate of drug-likeness (QED) is 0.922. The summed E-state index contributed by atoms with van der Waals surface area (Å²) >= 11 is 0. The van der Waals surface area contributed by atoms with Crippen LogP contribution in [0.25, 0.3) is 10.8 Å². The van der Waals surface area contributed by atoms with Crippen LogP contribution >= 0.6 is 0 Å². The highest BCUT2D eigenvalue weighted by molar-refractivity contribution is 5.88. The number of fused-ring (bicyclic) bond motifs is 1. The highest BCUT2D eigenvalue weighted by Crippen LogP contribution is 2.25. The highest BCUT2D eigenvalue weighted by atomic mass is 16.5. The number of hydrogen-bond acceptors (Lipinski definition) is 3. The predicted octanol–water partition coefficient (Wildman–Crippen LogP) is 3.25. The maximum absolute atomic E-state index is 12.4. The van der Waals surface area contributed by atoms with Crippen molar-refractivity contribution in [2.75, 3.05) is 20.3 Å². The second kappa shape index (κ2) is 7.01. The summed E-state index contributed by atoms with van der Waals surface area (Å²) in [5, 5.41) is 5.23. The predicted molar refractivity (Wildman–Crippen MR) is 90.9 cm³/mol. The number of ether oxygens (including phenoxy) is 2. The Balaban J connectivity index is 1.69. The Labute approximate surface area is 136 Å². The molecule has 3 rings (SSSR count). The van der Waals surface area contributed by atoms with E-state index in [4.69, 9.17) is 9.47 Å². The molecule has 122 valence electrons. The highest BCUT2D eigenvalue weighted by Gasteiger charge is 2.19. The molecule has 4 heteroatoms. The Hall–Kier alpha value is -2.07. The minimum atomic E-state index is -0.178. The molecule has 0 bridgehead atoms. The van der Waals surface area contributed by atoms with Crippen LogP contribution in [0.4, 0.5) is 0 Å². The maximum Gasteiger partial charge on any atom is 0.227 e. The van der Waals surface area contributed by atoms with E-state index in [1.165, 1.54) is 0 Å². The molecular weight excluding hydrogens is 290 g/mol. The van der Waals surface area contributed by atoms with Gasteiger partial charge in [0.2, 0.25) is 5.91 Å². The van der Waals surface area contributed by atoms with Crippen LogP contribution in [0.5, 0.6) is 5.75 Å². The first kappa shape index (κ1) is 15.8. The maximum atomic E-state index is 12.4. The zero-order valence-corrected chi connectivity index (χ0v) is 13.7. The first-order valence-corrected chi connectivity index (χ1v) is 8.14. The van der Waals surface area contributed by atoms with Gasteiger partial charge in [0.25, 0.3) is 0 Å². The zero-order valence-electron chi connectivity index (χ0n) is 13.7. The largest absolute Gasteiger partial charge is 0.497 e. The van der Waals surface area contributed by atoms with Crippen LogP contribution in [0.15, 0.2) is 36.4 Å². The van der Waals surface area contributed by atoms with Gasteiger partial charge in [-0.25, -0.2) is 0 Å². The summed E-state index contributed by atoms with van der Waals surface area (Å²) in [5.41, 5.74) is 1.02. The van der Waals surface area contributed by atoms with Crippen LogP contribution in [0.1, 0.15) is 31.2 Å². The van der Waals surface area contributed by atoms with Gasteiger partial charge in [-0.15, -0.1) is 0 Å². The fourth-order valence-electron chi connectivity index (χ4n) is 2.96. The molecule has 1 N–H and O–H groups in total. The van der Waals surface area contributed by atoms with Gasteiger partial charge in [-0.1, -0.05) is 24.3 Å². The average Bonchev–Trinajstić information content (AvgIpc) is 3.11. The van der Waals surface area contributed by atoms with E-state index in [-0.39, 0.29) is 17.9 Å². The molecule has 1 aliphatic heterocycles. The van der Waals surface area contributed by atoms with Crippen molar-refractivity contribution in [3.05, 3.63) is 42.0 Å². The molecule has 2 atom stereocenters. The minimum Gasteiger partial charge on any atom is -0.497 e. The van der Waals surface area contributed by atoms with Crippen molar-refractivity contribution in [2.45, 2.75) is 31.8 Å². The molecule has 0 aromatic heterocycles. The lowest BCUT2D eigenvalue weighted by atomic mass is 9.97. The van der Waals surface area contributed by atoms with Crippen LogP contribution in [0, 0.1) is 0 Å². The number of rotatable bonds is 5. The Morgan fingerprint density at radius 3 is 2.83 bits per heavy atom. The van der Waals surface area contributed by atoms with Crippen molar-refractivity contribution >= 4 is 16.7 Å². The minimum absolute atomic E-state index is 0.0494. The first-order chi connectivity index (χ1) is 11.2. The monoisotopic (exact) mass is 313 g/mol. The fourth-order valence-corrected chi connectivity index (χ4v) is 2.96. The number of carbonyl (C=O) groups excluding carboxylic acids is 1. The van der Waals surface area contributed by atoms with Crippen molar-refractivity contribution in [3.8, 4) is 5.75 Å². The molecular formula is C19H23NO3. The summed E-state index contributed by atoms with van der Waals surface area (Å²) in [6.07, 6.45) is 2.30. The molecule has 0 saturated carbocycles. The summed E-state index contributed by atoms with van der Waals surface area (Å²) < 4.78 is 10.8. The Morgan fingerprint density at radius 1 is 1.30 bits per heavy atom. The Bertz CT molecular complexity index is 692. The summed E-state index contributed by atoms with van der Waals surface area (Å²) in [6.45, 7) is 3.35. The third kappa shape index (κ3) is 3.64. The number of benzene rings is 2. The number of nitrogens with one attached hydrogen (secondary N) is 1. The molecule has 0 radical (unpaired) electrons. The van der Waals surface area contributed by atoms with E-state index in [2.05, 4.69) is 11.4 Å². The Kier molecular flexibility index (Phi) is 4.82. The van der Waals surface area contributed by atoms with Crippen LogP contribution in [-0.2, 0) is 9.53 Å². The second-order valence-electron chi connectivity index (χ2n) is 6.07. The summed E-state index contributed by atoms with van der Waals surface area (Å²) in [5.74, 6) is 0.712. The third-order valence-corrected chi connectivity index (χ3v) is 4.49. The normalized spacial score (nSPS) is 18.8. The Morgan fingerprint density at radius 2 is 2.09 bits per heavy atom. The van der Waals surface area contributed by atoms with E-state index in [0.717, 1.165) is 41.5 Å². The molecule has 1 fully saturated rings. The number of amides is 1. The second-order valence-corrected chi connectivity index (χ2v) is 6.07. The van der Waals surface area contributed by atoms with Crippen LogP contribution in [-0.4, -0.2) is 32.3 Å². The molecule has 1 heterocycles. The lowest BCUT2D eigenvalue weighted by Gasteiger charge is -2.16. The zero-order chi connectivity index (χ0) is 16.2. The SMILES string of the molecule is COc1ccc2cc(C(C)C(=O)NCC3CCCO3)ccc2c1. The third-order valence-electron chi connectivity index (χ3n) is 4.49. The molecule has 1 saturated heterocycles. The molecule has 4 nitrogen and oxygen atoms in total. The van der Waals surface area contributed by atoms with Gasteiger partial charge in [0.15, 0.2) is 0 Å². The standard InChI is InChI=1S/C19H23NO3/c1-13(19(21)20-12-18-4-3-9-23-18)14-5-6-16-11-17(22-2)8-7-15(16)10-14/h5-8,10-11,13,18H,3-4,9,12H2,1-2H3,(H,20,21). The van der Waals surface area contributed by atoms with E-state index in [9.17, 15) is 4.79 Å². The van der Waals surface area contributed by atoms with Gasteiger partial charge in [-0.2, -0.15) is 0 Å². The molecule has 1 aliphatic rings. The topological polar surface area (TPSA) is 47.6 Å². The van der Waals surface area contributed by atoms with Crippen LogP contribution < -0.4 is 10.1 Å². The smallest absolute Gasteiger partial charge is 0.227 e. The van der Waals surface area contributed by atoms with E-state index in [0.29, 0.717) is 6.54 Å². The van der Waals surface area contributed by atoms with Crippen molar-refractivity contribution in [1.29, 1.82) is 0 Å². The van der Waals surface area contributed by atoms with Crippen LogP contribution in [0.3, 0.4) is 0 Å². The molecule has 1 amide bonds. The van der Waals surface area contributed by atoms with Gasteiger partial charge in [-0.3, -0.25) is 4.79 Å². The van der Waals surface area contributed by atoms with Crippen molar-refractivity contribution in [3.63, 3.8) is 0 Å².